The Balaban J connectivity index is 2.35. The summed E-state index contributed by atoms with van der Waals surface area (Å²) in [6.07, 6.45) is 0. The number of hydrogen-bond donors (Lipinski definition) is 1. The van der Waals surface area contributed by atoms with Gasteiger partial charge >= 0.3 is 0 Å². The zero-order chi connectivity index (χ0) is 14.0. The van der Waals surface area contributed by atoms with E-state index in [-0.39, 0.29) is 16.3 Å². The second-order valence-electron chi connectivity index (χ2n) is 4.07. The molecule has 19 heavy (non-hydrogen) atoms. The maximum Gasteiger partial charge on any atom is 0.184 e. The normalized spacial score (nSPS) is 11.5. The smallest absolute Gasteiger partial charge is 0.184 e. The summed E-state index contributed by atoms with van der Waals surface area (Å²) in [5.41, 5.74) is 6.13. The van der Waals surface area contributed by atoms with E-state index in [1.165, 1.54) is 6.07 Å². The van der Waals surface area contributed by atoms with E-state index in [2.05, 4.69) is 15.9 Å². The highest BCUT2D eigenvalue weighted by Gasteiger charge is 2.18. The Bertz CT molecular complexity index is 699. The molecule has 0 heterocycles. The lowest BCUT2D eigenvalue weighted by molar-refractivity contribution is 0.594. The first-order valence-corrected chi connectivity index (χ1v) is 7.85. The van der Waals surface area contributed by atoms with Crippen LogP contribution < -0.4 is 5.73 Å². The van der Waals surface area contributed by atoms with Crippen LogP contribution in [0.3, 0.4) is 0 Å². The number of sulfone groups is 1. The monoisotopic (exact) mass is 343 g/mol. The summed E-state index contributed by atoms with van der Waals surface area (Å²) in [6, 6.07) is 10.2. The molecule has 2 N–H and O–H groups in total. The molecule has 0 aliphatic rings. The highest BCUT2D eigenvalue weighted by atomic mass is 79.9. The Hall–Kier alpha value is -1.40. The van der Waals surface area contributed by atoms with Crippen molar-refractivity contribution in [2.45, 2.75) is 10.6 Å². The molecular formula is C13H11BrFNO2S. The largest absolute Gasteiger partial charge is 0.398 e. The van der Waals surface area contributed by atoms with Crippen molar-refractivity contribution in [3.63, 3.8) is 0 Å². The third kappa shape index (κ3) is 3.33. The second-order valence-corrected chi connectivity index (χ2v) is 6.94. The molecule has 100 valence electrons. The van der Waals surface area contributed by atoms with Gasteiger partial charge in [0, 0.05) is 4.47 Å². The second kappa shape index (κ2) is 5.30. The molecule has 0 saturated heterocycles. The maximum atomic E-state index is 12.9. The van der Waals surface area contributed by atoms with E-state index >= 15 is 0 Å². The molecular weight excluding hydrogens is 333 g/mol. The van der Waals surface area contributed by atoms with E-state index in [0.29, 0.717) is 5.56 Å². The molecule has 0 aliphatic heterocycles. The van der Waals surface area contributed by atoms with E-state index in [4.69, 9.17) is 5.73 Å². The Morgan fingerprint density at radius 1 is 1.11 bits per heavy atom. The highest BCUT2D eigenvalue weighted by Crippen LogP contribution is 2.23. The van der Waals surface area contributed by atoms with Gasteiger partial charge in [-0.2, -0.15) is 0 Å². The summed E-state index contributed by atoms with van der Waals surface area (Å²) < 4.78 is 38.2. The molecule has 0 unspecified atom stereocenters. The first-order chi connectivity index (χ1) is 8.88. The zero-order valence-electron chi connectivity index (χ0n) is 9.81. The van der Waals surface area contributed by atoms with E-state index in [1.807, 2.05) is 0 Å². The first-order valence-electron chi connectivity index (χ1n) is 5.41. The molecule has 0 fully saturated rings. The molecule has 0 aromatic heterocycles. The number of halogens is 2. The predicted octanol–water partition coefficient (Wildman–Crippen LogP) is 3.14. The average Bonchev–Trinajstić information content (AvgIpc) is 2.31. The summed E-state index contributed by atoms with van der Waals surface area (Å²) in [6.45, 7) is 0. The standard InChI is InChI=1S/C13H11BrFNO2S/c14-10-3-1-9(2-4-10)8-19(17,18)13-6-5-11(15)7-12(13)16/h1-7H,8,16H2. The SMILES string of the molecule is Nc1cc(F)ccc1S(=O)(=O)Cc1ccc(Br)cc1. The van der Waals surface area contributed by atoms with Crippen molar-refractivity contribution in [1.82, 2.24) is 0 Å². The molecule has 6 heteroatoms. The van der Waals surface area contributed by atoms with Gasteiger partial charge in [-0.05, 0) is 35.9 Å². The molecule has 2 rings (SSSR count). The van der Waals surface area contributed by atoms with Crippen LogP contribution in [0.25, 0.3) is 0 Å². The fourth-order valence-electron chi connectivity index (χ4n) is 1.68. The molecule has 0 bridgehead atoms. The molecule has 0 amide bonds. The topological polar surface area (TPSA) is 60.2 Å². The predicted molar refractivity (Wildman–Crippen MR) is 75.8 cm³/mol. The van der Waals surface area contributed by atoms with E-state index < -0.39 is 15.7 Å². The zero-order valence-corrected chi connectivity index (χ0v) is 12.2. The quantitative estimate of drug-likeness (QED) is 0.687. The van der Waals surface area contributed by atoms with Crippen LogP contribution in [0.2, 0.25) is 0 Å². The molecule has 2 aromatic carbocycles. The average molecular weight is 344 g/mol. The van der Waals surface area contributed by atoms with Gasteiger partial charge in [0.05, 0.1) is 16.3 Å². The number of hydrogen-bond acceptors (Lipinski definition) is 3. The van der Waals surface area contributed by atoms with Crippen molar-refractivity contribution in [1.29, 1.82) is 0 Å². The lowest BCUT2D eigenvalue weighted by Gasteiger charge is -2.07. The first kappa shape index (κ1) is 14.0. The Kier molecular flexibility index (Phi) is 3.91. The van der Waals surface area contributed by atoms with Crippen molar-refractivity contribution in [2.24, 2.45) is 0 Å². The van der Waals surface area contributed by atoms with Gasteiger partial charge in [0.2, 0.25) is 0 Å². The summed E-state index contributed by atoms with van der Waals surface area (Å²) in [7, 11) is -3.58. The molecule has 0 spiro atoms. The van der Waals surface area contributed by atoms with Crippen molar-refractivity contribution < 1.29 is 12.8 Å². The van der Waals surface area contributed by atoms with Crippen molar-refractivity contribution in [3.8, 4) is 0 Å². The van der Waals surface area contributed by atoms with Crippen molar-refractivity contribution >= 4 is 31.5 Å². The van der Waals surface area contributed by atoms with Gasteiger partial charge in [0.25, 0.3) is 0 Å². The van der Waals surface area contributed by atoms with Gasteiger partial charge in [0.1, 0.15) is 5.82 Å². The maximum absolute atomic E-state index is 12.9. The Morgan fingerprint density at radius 2 is 1.74 bits per heavy atom. The number of benzene rings is 2. The number of nitrogens with two attached hydrogens (primary N) is 1. The lowest BCUT2D eigenvalue weighted by atomic mass is 10.2. The van der Waals surface area contributed by atoms with Crippen LogP contribution in [-0.2, 0) is 15.6 Å². The van der Waals surface area contributed by atoms with E-state index in [0.717, 1.165) is 16.6 Å². The molecule has 0 atom stereocenters. The minimum Gasteiger partial charge on any atom is -0.398 e. The van der Waals surface area contributed by atoms with Gasteiger partial charge in [0.15, 0.2) is 9.84 Å². The summed E-state index contributed by atoms with van der Waals surface area (Å²) >= 11 is 3.28. The van der Waals surface area contributed by atoms with Crippen molar-refractivity contribution in [3.05, 3.63) is 58.3 Å². The van der Waals surface area contributed by atoms with Crippen LogP contribution in [0.4, 0.5) is 10.1 Å². The molecule has 0 saturated carbocycles. The molecule has 0 aliphatic carbocycles. The third-order valence-electron chi connectivity index (χ3n) is 2.58. The van der Waals surface area contributed by atoms with E-state index in [9.17, 15) is 12.8 Å². The van der Waals surface area contributed by atoms with Gasteiger partial charge in [-0.15, -0.1) is 0 Å². The molecule has 3 nitrogen and oxygen atoms in total. The van der Waals surface area contributed by atoms with Gasteiger partial charge in [-0.3, -0.25) is 0 Å². The van der Waals surface area contributed by atoms with Crippen molar-refractivity contribution in [2.75, 3.05) is 5.73 Å². The summed E-state index contributed by atoms with van der Waals surface area (Å²) in [5, 5.41) is 0. The fraction of sp³-hybridized carbons (Fsp3) is 0.0769. The number of nitrogen functional groups attached to an aromatic ring is 1. The van der Waals surface area contributed by atoms with Crippen LogP contribution in [0, 0.1) is 5.82 Å². The van der Waals surface area contributed by atoms with Crippen LogP contribution in [0.5, 0.6) is 0 Å². The number of rotatable bonds is 3. The molecule has 2 aromatic rings. The lowest BCUT2D eigenvalue weighted by Crippen LogP contribution is -2.08. The third-order valence-corrected chi connectivity index (χ3v) is 4.86. The van der Waals surface area contributed by atoms with Crippen LogP contribution in [-0.4, -0.2) is 8.42 Å². The highest BCUT2D eigenvalue weighted by molar-refractivity contribution is 9.10. The van der Waals surface area contributed by atoms with Gasteiger partial charge < -0.3 is 5.73 Å². The molecule has 0 radical (unpaired) electrons. The van der Waals surface area contributed by atoms with E-state index in [1.54, 1.807) is 24.3 Å². The fourth-order valence-corrected chi connectivity index (χ4v) is 3.42. The van der Waals surface area contributed by atoms with Crippen LogP contribution in [0.1, 0.15) is 5.56 Å². The number of anilines is 1. The Morgan fingerprint density at radius 3 is 2.32 bits per heavy atom. The minimum atomic E-state index is -3.58. The van der Waals surface area contributed by atoms with Crippen LogP contribution >= 0.6 is 15.9 Å². The summed E-state index contributed by atoms with van der Waals surface area (Å²) in [4.78, 5) is -0.0446. The summed E-state index contributed by atoms with van der Waals surface area (Å²) in [5.74, 6) is -0.726. The Labute approximate surface area is 119 Å². The van der Waals surface area contributed by atoms with Gasteiger partial charge in [-0.1, -0.05) is 28.1 Å². The van der Waals surface area contributed by atoms with Crippen LogP contribution in [0.15, 0.2) is 51.8 Å². The minimum absolute atomic E-state index is 0.0446. The van der Waals surface area contributed by atoms with Gasteiger partial charge in [-0.25, -0.2) is 12.8 Å².